The van der Waals surface area contributed by atoms with Gasteiger partial charge in [0.25, 0.3) is 10.0 Å². The standard InChI is InChI=1S/C12H13N3O4S2/c1-20(16,17)10-4-5-11(13)12(7-10)21(18,19)15-9-3-2-6-14-8-9/h2-8,15H,13H2,1H3. The first-order valence-electron chi connectivity index (χ1n) is 5.72. The van der Waals surface area contributed by atoms with E-state index in [1.807, 2.05) is 0 Å². The number of nitrogens with one attached hydrogen (secondary N) is 1. The zero-order valence-corrected chi connectivity index (χ0v) is 12.6. The molecule has 21 heavy (non-hydrogen) atoms. The van der Waals surface area contributed by atoms with Crippen LogP contribution in [0, 0.1) is 0 Å². The zero-order valence-electron chi connectivity index (χ0n) is 11.0. The molecule has 1 aromatic heterocycles. The van der Waals surface area contributed by atoms with Crippen LogP contribution in [0.2, 0.25) is 0 Å². The van der Waals surface area contributed by atoms with Crippen molar-refractivity contribution in [3.63, 3.8) is 0 Å². The van der Waals surface area contributed by atoms with E-state index in [9.17, 15) is 16.8 Å². The molecule has 2 aromatic rings. The second kappa shape index (κ2) is 5.34. The van der Waals surface area contributed by atoms with E-state index in [0.29, 0.717) is 0 Å². The molecule has 7 nitrogen and oxygen atoms in total. The minimum atomic E-state index is -4.01. The Morgan fingerprint density at radius 3 is 2.43 bits per heavy atom. The van der Waals surface area contributed by atoms with Crippen molar-refractivity contribution in [3.8, 4) is 0 Å². The van der Waals surface area contributed by atoms with Crippen molar-refractivity contribution in [2.45, 2.75) is 9.79 Å². The van der Waals surface area contributed by atoms with Crippen LogP contribution in [0.25, 0.3) is 0 Å². The Morgan fingerprint density at radius 1 is 1.14 bits per heavy atom. The largest absolute Gasteiger partial charge is 0.398 e. The molecule has 0 fully saturated rings. The van der Waals surface area contributed by atoms with Crippen LogP contribution in [0.15, 0.2) is 52.5 Å². The smallest absolute Gasteiger partial charge is 0.264 e. The third kappa shape index (κ3) is 3.50. The van der Waals surface area contributed by atoms with Crippen LogP contribution in [0.4, 0.5) is 11.4 Å². The van der Waals surface area contributed by atoms with Crippen molar-refractivity contribution in [1.82, 2.24) is 4.98 Å². The van der Waals surface area contributed by atoms with Crippen molar-refractivity contribution < 1.29 is 16.8 Å². The average Bonchev–Trinajstić information content (AvgIpc) is 2.38. The van der Waals surface area contributed by atoms with Gasteiger partial charge in [0.05, 0.1) is 22.5 Å². The summed E-state index contributed by atoms with van der Waals surface area (Å²) in [5.41, 5.74) is 5.85. The fourth-order valence-electron chi connectivity index (χ4n) is 1.61. The molecular weight excluding hydrogens is 314 g/mol. The highest BCUT2D eigenvalue weighted by molar-refractivity contribution is 7.93. The van der Waals surface area contributed by atoms with E-state index >= 15 is 0 Å². The Balaban J connectivity index is 2.50. The highest BCUT2D eigenvalue weighted by atomic mass is 32.2. The molecule has 1 heterocycles. The van der Waals surface area contributed by atoms with Gasteiger partial charge in [-0.2, -0.15) is 0 Å². The third-order valence-electron chi connectivity index (χ3n) is 2.62. The van der Waals surface area contributed by atoms with Crippen LogP contribution in [0.1, 0.15) is 0 Å². The monoisotopic (exact) mass is 327 g/mol. The molecule has 0 saturated heterocycles. The van der Waals surface area contributed by atoms with E-state index < -0.39 is 19.9 Å². The quantitative estimate of drug-likeness (QED) is 0.804. The number of nitrogens with two attached hydrogens (primary N) is 1. The molecular formula is C12H13N3O4S2. The number of rotatable bonds is 4. The Bertz CT molecular complexity index is 863. The van der Waals surface area contributed by atoms with Gasteiger partial charge in [-0.05, 0) is 30.3 Å². The number of hydrogen-bond acceptors (Lipinski definition) is 6. The molecule has 1 aromatic carbocycles. The molecule has 0 spiro atoms. The maximum Gasteiger partial charge on any atom is 0.264 e. The summed E-state index contributed by atoms with van der Waals surface area (Å²) in [7, 11) is -7.54. The van der Waals surface area contributed by atoms with Gasteiger partial charge in [-0.15, -0.1) is 0 Å². The van der Waals surface area contributed by atoms with Crippen molar-refractivity contribution in [3.05, 3.63) is 42.7 Å². The van der Waals surface area contributed by atoms with Gasteiger partial charge in [-0.25, -0.2) is 16.8 Å². The SMILES string of the molecule is CS(=O)(=O)c1ccc(N)c(S(=O)(=O)Nc2cccnc2)c1. The van der Waals surface area contributed by atoms with E-state index in [2.05, 4.69) is 9.71 Å². The summed E-state index contributed by atoms with van der Waals surface area (Å²) in [6.07, 6.45) is 3.81. The number of anilines is 2. The summed E-state index contributed by atoms with van der Waals surface area (Å²) < 4.78 is 49.9. The number of pyridine rings is 1. The number of benzene rings is 1. The van der Waals surface area contributed by atoms with Crippen LogP contribution < -0.4 is 10.5 Å². The van der Waals surface area contributed by atoms with Gasteiger partial charge in [-0.3, -0.25) is 9.71 Å². The van der Waals surface area contributed by atoms with Crippen LogP contribution in [-0.4, -0.2) is 28.1 Å². The van der Waals surface area contributed by atoms with Crippen molar-refractivity contribution in [2.24, 2.45) is 0 Å². The Hall–Kier alpha value is -2.13. The van der Waals surface area contributed by atoms with E-state index in [0.717, 1.165) is 12.3 Å². The predicted octanol–water partition coefficient (Wildman–Crippen LogP) is 0.868. The van der Waals surface area contributed by atoms with Gasteiger partial charge >= 0.3 is 0 Å². The second-order valence-corrected chi connectivity index (χ2v) is 7.99. The lowest BCUT2D eigenvalue weighted by molar-refractivity contribution is 0.600. The molecule has 2 rings (SSSR count). The predicted molar refractivity (Wildman–Crippen MR) is 79.0 cm³/mol. The van der Waals surface area contributed by atoms with Gasteiger partial charge < -0.3 is 5.73 Å². The lowest BCUT2D eigenvalue weighted by atomic mass is 10.3. The molecule has 0 aliphatic heterocycles. The summed E-state index contributed by atoms with van der Waals surface area (Å²) >= 11 is 0. The van der Waals surface area contributed by atoms with Gasteiger partial charge in [0.2, 0.25) is 0 Å². The molecule has 0 amide bonds. The highest BCUT2D eigenvalue weighted by Crippen LogP contribution is 2.24. The maximum absolute atomic E-state index is 12.3. The molecule has 9 heteroatoms. The van der Waals surface area contributed by atoms with Crippen molar-refractivity contribution >= 4 is 31.2 Å². The van der Waals surface area contributed by atoms with Crippen molar-refractivity contribution in [2.75, 3.05) is 16.7 Å². The van der Waals surface area contributed by atoms with Gasteiger partial charge in [-0.1, -0.05) is 0 Å². The summed E-state index contributed by atoms with van der Waals surface area (Å²) in [6, 6.07) is 6.61. The second-order valence-electron chi connectivity index (χ2n) is 4.32. The van der Waals surface area contributed by atoms with E-state index in [1.54, 1.807) is 6.07 Å². The summed E-state index contributed by atoms with van der Waals surface area (Å²) in [4.78, 5) is 3.37. The fourth-order valence-corrected chi connectivity index (χ4v) is 3.53. The number of aromatic nitrogens is 1. The molecule has 0 bridgehead atoms. The van der Waals surface area contributed by atoms with Crippen LogP contribution >= 0.6 is 0 Å². The number of nitrogens with zero attached hydrogens (tertiary/aromatic N) is 1. The first-order valence-corrected chi connectivity index (χ1v) is 9.10. The van der Waals surface area contributed by atoms with E-state index in [-0.39, 0.29) is 21.2 Å². The van der Waals surface area contributed by atoms with Crippen molar-refractivity contribution in [1.29, 1.82) is 0 Å². The minimum absolute atomic E-state index is 0.0428. The minimum Gasteiger partial charge on any atom is -0.398 e. The summed E-state index contributed by atoms with van der Waals surface area (Å²) in [5.74, 6) is 0. The van der Waals surface area contributed by atoms with Gasteiger partial charge in [0, 0.05) is 12.5 Å². The molecule has 3 N–H and O–H groups in total. The first kappa shape index (κ1) is 15.3. The van der Waals surface area contributed by atoms with Gasteiger partial charge in [0.15, 0.2) is 9.84 Å². The average molecular weight is 327 g/mol. The fraction of sp³-hybridized carbons (Fsp3) is 0.0833. The Labute approximate surface area is 122 Å². The van der Waals surface area contributed by atoms with Crippen LogP contribution in [0.5, 0.6) is 0 Å². The van der Waals surface area contributed by atoms with Gasteiger partial charge in [0.1, 0.15) is 4.90 Å². The molecule has 0 aliphatic carbocycles. The zero-order chi connectivity index (χ0) is 15.7. The molecule has 0 atom stereocenters. The molecule has 0 saturated carbocycles. The number of sulfone groups is 1. The lowest BCUT2D eigenvalue weighted by Crippen LogP contribution is -2.15. The molecule has 0 unspecified atom stereocenters. The van der Waals surface area contributed by atoms with Crippen LogP contribution in [0.3, 0.4) is 0 Å². The highest BCUT2D eigenvalue weighted by Gasteiger charge is 2.20. The molecule has 112 valence electrons. The van der Waals surface area contributed by atoms with E-state index in [4.69, 9.17) is 5.73 Å². The Kier molecular flexibility index (Phi) is 3.88. The molecule has 0 aliphatic rings. The summed E-state index contributed by atoms with van der Waals surface area (Å²) in [5, 5.41) is 0. The summed E-state index contributed by atoms with van der Waals surface area (Å²) in [6.45, 7) is 0. The number of hydrogen-bond donors (Lipinski definition) is 2. The van der Waals surface area contributed by atoms with E-state index in [1.165, 1.54) is 30.6 Å². The third-order valence-corrected chi connectivity index (χ3v) is 5.16. The Morgan fingerprint density at radius 2 is 1.86 bits per heavy atom. The molecule has 0 radical (unpaired) electrons. The number of nitrogen functional groups attached to an aromatic ring is 1. The topological polar surface area (TPSA) is 119 Å². The number of sulfonamides is 1. The van der Waals surface area contributed by atoms with Crippen LogP contribution in [-0.2, 0) is 19.9 Å². The normalized spacial score (nSPS) is 12.0. The first-order chi connectivity index (χ1) is 9.70. The maximum atomic E-state index is 12.3. The lowest BCUT2D eigenvalue weighted by Gasteiger charge is -2.11.